The van der Waals surface area contributed by atoms with Crippen molar-refractivity contribution in [2.75, 3.05) is 4.90 Å². The first-order valence-electron chi connectivity index (χ1n) is 18.0. The van der Waals surface area contributed by atoms with Crippen molar-refractivity contribution in [3.63, 3.8) is 0 Å². The van der Waals surface area contributed by atoms with Gasteiger partial charge in [0, 0.05) is 38.8 Å². The van der Waals surface area contributed by atoms with E-state index in [1.807, 2.05) is 60.7 Å². The molecule has 0 aliphatic heterocycles. The molecule has 0 amide bonds. The van der Waals surface area contributed by atoms with Crippen molar-refractivity contribution in [2.24, 2.45) is 0 Å². The molecule has 5 heteroatoms. The Bertz CT molecular complexity index is 2810. The second-order valence-corrected chi connectivity index (χ2v) is 13.2. The molecule has 0 radical (unpaired) electrons. The van der Waals surface area contributed by atoms with Gasteiger partial charge in [0.1, 0.15) is 11.2 Å². The zero-order valence-corrected chi connectivity index (χ0v) is 29.2. The number of hydrogen-bond donors (Lipinski definition) is 0. The summed E-state index contributed by atoms with van der Waals surface area (Å²) in [6.07, 6.45) is 0. The molecule has 0 aliphatic carbocycles. The highest BCUT2D eigenvalue weighted by Gasteiger charge is 2.22. The van der Waals surface area contributed by atoms with Gasteiger partial charge in [-0.15, -0.1) is 0 Å². The van der Waals surface area contributed by atoms with Crippen molar-refractivity contribution in [1.82, 2.24) is 15.0 Å². The lowest BCUT2D eigenvalue weighted by Crippen LogP contribution is -2.09. The maximum atomic E-state index is 6.74. The molecule has 10 rings (SSSR count). The summed E-state index contributed by atoms with van der Waals surface area (Å²) < 4.78 is 6.74. The maximum Gasteiger partial charge on any atom is 0.164 e. The fourth-order valence-corrected chi connectivity index (χ4v) is 7.37. The lowest BCUT2D eigenvalue weighted by Gasteiger charge is -2.26. The molecule has 54 heavy (non-hydrogen) atoms. The van der Waals surface area contributed by atoms with Crippen molar-refractivity contribution >= 4 is 49.8 Å². The first kappa shape index (κ1) is 31.4. The average Bonchev–Trinajstić information content (AvgIpc) is 3.64. The molecule has 0 atom stereocenters. The molecule has 0 N–H and O–H groups in total. The van der Waals surface area contributed by atoms with Crippen LogP contribution in [0.25, 0.3) is 78.0 Å². The van der Waals surface area contributed by atoms with Gasteiger partial charge in [-0.05, 0) is 59.0 Å². The van der Waals surface area contributed by atoms with Gasteiger partial charge in [0.05, 0.1) is 11.1 Å². The molecule has 10 aromatic rings. The highest BCUT2D eigenvalue weighted by molar-refractivity contribution is 6.22. The molecule has 0 aliphatic rings. The second-order valence-electron chi connectivity index (χ2n) is 13.2. The van der Waals surface area contributed by atoms with E-state index in [9.17, 15) is 0 Å². The number of rotatable bonds is 7. The zero-order chi connectivity index (χ0) is 35.8. The molecule has 0 saturated carbocycles. The molecule has 0 fully saturated rings. The summed E-state index contributed by atoms with van der Waals surface area (Å²) in [4.78, 5) is 17.1. The largest absolute Gasteiger partial charge is 0.455 e. The number of benzene rings is 8. The van der Waals surface area contributed by atoms with Crippen molar-refractivity contribution in [2.45, 2.75) is 0 Å². The molecule has 0 saturated heterocycles. The molecule has 0 unspecified atom stereocenters. The Hall–Kier alpha value is -7.37. The molecule has 2 aromatic heterocycles. The van der Waals surface area contributed by atoms with E-state index in [1.54, 1.807) is 0 Å². The van der Waals surface area contributed by atoms with E-state index >= 15 is 0 Å². The van der Waals surface area contributed by atoms with Gasteiger partial charge in [-0.2, -0.15) is 0 Å². The number of hydrogen-bond acceptors (Lipinski definition) is 5. The van der Waals surface area contributed by atoms with Gasteiger partial charge in [-0.3, -0.25) is 0 Å². The lowest BCUT2D eigenvalue weighted by atomic mass is 9.94. The smallest absolute Gasteiger partial charge is 0.164 e. The van der Waals surface area contributed by atoms with Crippen molar-refractivity contribution in [3.8, 4) is 45.3 Å². The first-order chi connectivity index (χ1) is 26.8. The molecule has 0 spiro atoms. The molecule has 254 valence electrons. The van der Waals surface area contributed by atoms with E-state index in [0.29, 0.717) is 17.5 Å². The molecular weight excluding hydrogens is 661 g/mol. The SMILES string of the molecule is c1ccc(-c2nc(-c3ccccc3)nc(-c3ccc(-c4cc5c(oc6cccc(N(c7ccccc7)c7ccccc7)c65)c5ccccc45)cc3)n2)cc1. The number of aromatic nitrogens is 3. The van der Waals surface area contributed by atoms with Gasteiger partial charge in [0.15, 0.2) is 17.5 Å². The van der Waals surface area contributed by atoms with Crippen LogP contribution in [0.15, 0.2) is 199 Å². The zero-order valence-electron chi connectivity index (χ0n) is 29.2. The summed E-state index contributed by atoms with van der Waals surface area (Å²) in [5.41, 5.74) is 9.94. The van der Waals surface area contributed by atoms with Gasteiger partial charge >= 0.3 is 0 Å². The van der Waals surface area contributed by atoms with Crippen LogP contribution in [-0.2, 0) is 0 Å². The topological polar surface area (TPSA) is 55.1 Å². The first-order valence-corrected chi connectivity index (χ1v) is 18.0. The number of nitrogens with zero attached hydrogens (tertiary/aromatic N) is 4. The molecule has 0 bridgehead atoms. The molecular formula is C49H32N4O. The fraction of sp³-hybridized carbons (Fsp3) is 0. The Kier molecular flexibility index (Phi) is 7.73. The second kappa shape index (κ2) is 13.3. The minimum Gasteiger partial charge on any atom is -0.455 e. The summed E-state index contributed by atoms with van der Waals surface area (Å²) in [6, 6.07) is 66.8. The Balaban J connectivity index is 1.14. The molecule has 2 heterocycles. The predicted molar refractivity (Wildman–Crippen MR) is 221 cm³/mol. The third-order valence-electron chi connectivity index (χ3n) is 9.90. The molecule has 8 aromatic carbocycles. The van der Waals surface area contributed by atoms with Crippen LogP contribution in [0.4, 0.5) is 17.1 Å². The van der Waals surface area contributed by atoms with Crippen LogP contribution in [0.5, 0.6) is 0 Å². The third kappa shape index (κ3) is 5.56. The highest BCUT2D eigenvalue weighted by Crippen LogP contribution is 2.46. The Morgan fingerprint density at radius 2 is 0.833 bits per heavy atom. The van der Waals surface area contributed by atoms with E-state index in [1.165, 1.54) is 0 Å². The van der Waals surface area contributed by atoms with Gasteiger partial charge in [-0.1, -0.05) is 152 Å². The number of fused-ring (bicyclic) bond motifs is 5. The number of para-hydroxylation sites is 2. The Morgan fingerprint density at radius 3 is 1.39 bits per heavy atom. The summed E-state index contributed by atoms with van der Waals surface area (Å²) in [5.74, 6) is 1.91. The average molecular weight is 693 g/mol. The maximum absolute atomic E-state index is 6.74. The predicted octanol–water partition coefficient (Wildman–Crippen LogP) is 13.1. The number of anilines is 3. The van der Waals surface area contributed by atoms with Gasteiger partial charge < -0.3 is 9.32 Å². The lowest BCUT2D eigenvalue weighted by molar-refractivity contribution is 0.672. The normalized spacial score (nSPS) is 11.3. The van der Waals surface area contributed by atoms with Crippen LogP contribution >= 0.6 is 0 Å². The standard InChI is InChI=1S/C49H32N4O/c1-5-16-34(17-6-1)47-50-48(35-18-7-2-8-19-35)52-49(51-47)36-30-28-33(29-31-36)41-32-42-45-43(53(37-20-9-3-10-21-37)38-22-11-4-12-23-38)26-15-27-44(45)54-46(42)40-25-14-13-24-39(40)41/h1-32H. The van der Waals surface area contributed by atoms with Crippen LogP contribution in [-0.4, -0.2) is 15.0 Å². The van der Waals surface area contributed by atoms with Crippen LogP contribution in [0, 0.1) is 0 Å². The van der Waals surface area contributed by atoms with Gasteiger partial charge in [0.25, 0.3) is 0 Å². The van der Waals surface area contributed by atoms with Gasteiger partial charge in [-0.25, -0.2) is 15.0 Å². The van der Waals surface area contributed by atoms with E-state index in [4.69, 9.17) is 19.4 Å². The van der Waals surface area contributed by atoms with Crippen molar-refractivity contribution < 1.29 is 4.42 Å². The van der Waals surface area contributed by atoms with Crippen molar-refractivity contribution in [1.29, 1.82) is 0 Å². The van der Waals surface area contributed by atoms with Crippen LogP contribution < -0.4 is 4.90 Å². The number of furan rings is 1. The van der Waals surface area contributed by atoms with Crippen molar-refractivity contribution in [3.05, 3.63) is 194 Å². The summed E-state index contributed by atoms with van der Waals surface area (Å²) >= 11 is 0. The Labute approximate surface area is 312 Å². The van der Waals surface area contributed by atoms with Gasteiger partial charge in [0.2, 0.25) is 0 Å². The minimum absolute atomic E-state index is 0.627. The quantitative estimate of drug-likeness (QED) is 0.166. The third-order valence-corrected chi connectivity index (χ3v) is 9.90. The Morgan fingerprint density at radius 1 is 0.370 bits per heavy atom. The summed E-state index contributed by atoms with van der Waals surface area (Å²) in [7, 11) is 0. The van der Waals surface area contributed by atoms with E-state index in [0.717, 1.165) is 77.6 Å². The van der Waals surface area contributed by atoms with E-state index in [-0.39, 0.29) is 0 Å². The van der Waals surface area contributed by atoms with Crippen LogP contribution in [0.3, 0.4) is 0 Å². The van der Waals surface area contributed by atoms with Crippen LogP contribution in [0.1, 0.15) is 0 Å². The minimum atomic E-state index is 0.627. The fourth-order valence-electron chi connectivity index (χ4n) is 7.37. The monoisotopic (exact) mass is 692 g/mol. The summed E-state index contributed by atoms with van der Waals surface area (Å²) in [6.45, 7) is 0. The molecule has 5 nitrogen and oxygen atoms in total. The van der Waals surface area contributed by atoms with E-state index in [2.05, 4.69) is 138 Å². The highest BCUT2D eigenvalue weighted by atomic mass is 16.3. The van der Waals surface area contributed by atoms with Crippen LogP contribution in [0.2, 0.25) is 0 Å². The van der Waals surface area contributed by atoms with E-state index < -0.39 is 0 Å². The summed E-state index contributed by atoms with van der Waals surface area (Å²) in [5, 5.41) is 4.32.